The number of hydrogen-bond donors (Lipinski definition) is 0. The van der Waals surface area contributed by atoms with Crippen LogP contribution >= 0.6 is 11.8 Å². The maximum Gasteiger partial charge on any atom is 0.119 e. The van der Waals surface area contributed by atoms with E-state index in [1.165, 1.54) is 24.2 Å². The van der Waals surface area contributed by atoms with Gasteiger partial charge in [0.15, 0.2) is 0 Å². The molecule has 1 aromatic rings. The predicted molar refractivity (Wildman–Crippen MR) is 78.1 cm³/mol. The molecule has 2 heteroatoms. The van der Waals surface area contributed by atoms with Crippen LogP contribution in [0.25, 0.3) is 0 Å². The fourth-order valence-corrected chi connectivity index (χ4v) is 2.37. The number of benzene rings is 1. The second kappa shape index (κ2) is 8.46. The van der Waals surface area contributed by atoms with Gasteiger partial charge in [-0.1, -0.05) is 31.5 Å². The van der Waals surface area contributed by atoms with Crippen LogP contribution in [-0.4, -0.2) is 17.6 Å². The van der Waals surface area contributed by atoms with Crippen LogP contribution in [0.2, 0.25) is 0 Å². The zero-order chi connectivity index (χ0) is 12.5. The second-order valence-corrected chi connectivity index (χ2v) is 6.33. The lowest BCUT2D eigenvalue weighted by molar-refractivity contribution is 0.306. The quantitative estimate of drug-likeness (QED) is 0.621. The van der Waals surface area contributed by atoms with E-state index < -0.39 is 0 Å². The Balaban J connectivity index is 1.99. The van der Waals surface area contributed by atoms with Crippen molar-refractivity contribution in [1.82, 2.24) is 0 Å². The molecule has 0 unspecified atom stereocenters. The number of aryl methyl sites for hydroxylation is 1. The summed E-state index contributed by atoms with van der Waals surface area (Å²) in [5.74, 6) is 2.27. The van der Waals surface area contributed by atoms with E-state index >= 15 is 0 Å². The lowest BCUT2D eigenvalue weighted by Gasteiger charge is -2.07. The Hall–Kier alpha value is -0.630. The molecule has 0 fully saturated rings. The summed E-state index contributed by atoms with van der Waals surface area (Å²) in [5, 5.41) is 0.763. The molecule has 1 rings (SSSR count). The lowest BCUT2D eigenvalue weighted by Crippen LogP contribution is -1.98. The molecule has 0 saturated carbocycles. The largest absolute Gasteiger partial charge is 0.494 e. The molecule has 0 spiro atoms. The van der Waals surface area contributed by atoms with Crippen LogP contribution in [0.3, 0.4) is 0 Å². The third kappa shape index (κ3) is 7.32. The summed E-state index contributed by atoms with van der Waals surface area (Å²) in [5.41, 5.74) is 1.28. The molecule has 17 heavy (non-hydrogen) atoms. The topological polar surface area (TPSA) is 9.23 Å². The maximum absolute atomic E-state index is 5.68. The minimum absolute atomic E-state index is 0.763. The van der Waals surface area contributed by atoms with Crippen LogP contribution in [0, 0.1) is 6.92 Å². The van der Waals surface area contributed by atoms with Gasteiger partial charge >= 0.3 is 0 Å². The fourth-order valence-electron chi connectivity index (χ4n) is 1.52. The first-order valence-electron chi connectivity index (χ1n) is 6.49. The zero-order valence-electron chi connectivity index (χ0n) is 11.2. The van der Waals surface area contributed by atoms with Crippen LogP contribution in [0.4, 0.5) is 0 Å². The molecule has 96 valence electrons. The zero-order valence-corrected chi connectivity index (χ0v) is 12.1. The summed E-state index contributed by atoms with van der Waals surface area (Å²) in [7, 11) is 0. The molecule has 0 aliphatic carbocycles. The molecular weight excluding hydrogens is 228 g/mol. The molecule has 1 aromatic carbocycles. The van der Waals surface area contributed by atoms with E-state index in [2.05, 4.69) is 32.9 Å². The van der Waals surface area contributed by atoms with Crippen molar-refractivity contribution in [3.05, 3.63) is 29.8 Å². The van der Waals surface area contributed by atoms with Crippen LogP contribution in [0.1, 0.15) is 38.7 Å². The Labute approximate surface area is 110 Å². The van der Waals surface area contributed by atoms with Crippen molar-refractivity contribution in [2.24, 2.45) is 0 Å². The smallest absolute Gasteiger partial charge is 0.119 e. The highest BCUT2D eigenvalue weighted by Crippen LogP contribution is 2.14. The highest BCUT2D eigenvalue weighted by Gasteiger charge is 1.96. The van der Waals surface area contributed by atoms with Crippen molar-refractivity contribution in [2.45, 2.75) is 45.3 Å². The molecule has 0 aliphatic heterocycles. The van der Waals surface area contributed by atoms with Gasteiger partial charge in [0, 0.05) is 0 Å². The Morgan fingerprint density at radius 3 is 2.41 bits per heavy atom. The van der Waals surface area contributed by atoms with E-state index in [1.54, 1.807) is 0 Å². The summed E-state index contributed by atoms with van der Waals surface area (Å²) in [6.45, 7) is 7.45. The van der Waals surface area contributed by atoms with Crippen LogP contribution < -0.4 is 4.74 Å². The number of rotatable bonds is 8. The van der Waals surface area contributed by atoms with Gasteiger partial charge in [0.05, 0.1) is 6.61 Å². The number of ether oxygens (including phenoxy) is 1. The van der Waals surface area contributed by atoms with Gasteiger partial charge in [0.2, 0.25) is 0 Å². The highest BCUT2D eigenvalue weighted by atomic mass is 32.2. The van der Waals surface area contributed by atoms with Crippen LogP contribution in [0.15, 0.2) is 24.3 Å². The van der Waals surface area contributed by atoms with E-state index in [1.807, 2.05) is 23.9 Å². The maximum atomic E-state index is 5.68. The number of unbranched alkanes of at least 4 members (excludes halogenated alkanes) is 2. The van der Waals surface area contributed by atoms with E-state index in [0.717, 1.165) is 24.0 Å². The molecule has 0 radical (unpaired) electrons. The van der Waals surface area contributed by atoms with Gasteiger partial charge in [-0.25, -0.2) is 0 Å². The van der Waals surface area contributed by atoms with Gasteiger partial charge in [0.25, 0.3) is 0 Å². The summed E-state index contributed by atoms with van der Waals surface area (Å²) >= 11 is 2.05. The molecule has 0 aliphatic rings. The first-order chi connectivity index (χ1) is 8.18. The Bertz CT molecular complexity index is 292. The average Bonchev–Trinajstić information content (AvgIpc) is 2.30. The van der Waals surface area contributed by atoms with E-state index in [4.69, 9.17) is 4.74 Å². The predicted octanol–water partition coefficient (Wildman–Crippen LogP) is 4.69. The normalized spacial score (nSPS) is 10.8. The van der Waals surface area contributed by atoms with Gasteiger partial charge in [0.1, 0.15) is 5.75 Å². The molecule has 0 N–H and O–H groups in total. The Kier molecular flexibility index (Phi) is 7.18. The summed E-state index contributed by atoms with van der Waals surface area (Å²) < 4.78 is 5.68. The second-order valence-electron chi connectivity index (χ2n) is 4.64. The van der Waals surface area contributed by atoms with Gasteiger partial charge in [-0.2, -0.15) is 11.8 Å². The van der Waals surface area contributed by atoms with Crippen molar-refractivity contribution in [1.29, 1.82) is 0 Å². The minimum Gasteiger partial charge on any atom is -0.494 e. The first-order valence-corrected chi connectivity index (χ1v) is 7.54. The molecular formula is C15H24OS. The third-order valence-corrected chi connectivity index (χ3v) is 3.72. The van der Waals surface area contributed by atoms with Crippen LogP contribution in [-0.2, 0) is 0 Å². The third-order valence-electron chi connectivity index (χ3n) is 2.53. The minimum atomic E-state index is 0.763. The summed E-state index contributed by atoms with van der Waals surface area (Å²) in [6, 6.07) is 8.27. The van der Waals surface area contributed by atoms with E-state index in [0.29, 0.717) is 0 Å². The fraction of sp³-hybridized carbons (Fsp3) is 0.600. The molecule has 0 saturated heterocycles. The molecule has 0 heterocycles. The SMILES string of the molecule is Cc1ccc(OCCCCCSC(C)C)cc1. The van der Waals surface area contributed by atoms with E-state index in [9.17, 15) is 0 Å². The molecule has 0 bridgehead atoms. The van der Waals surface area contributed by atoms with Crippen molar-refractivity contribution < 1.29 is 4.74 Å². The van der Waals surface area contributed by atoms with Crippen molar-refractivity contribution in [3.63, 3.8) is 0 Å². The Morgan fingerprint density at radius 2 is 1.76 bits per heavy atom. The molecule has 1 nitrogen and oxygen atoms in total. The van der Waals surface area contributed by atoms with Gasteiger partial charge < -0.3 is 4.74 Å². The van der Waals surface area contributed by atoms with Crippen molar-refractivity contribution in [3.8, 4) is 5.75 Å². The van der Waals surface area contributed by atoms with Crippen molar-refractivity contribution in [2.75, 3.05) is 12.4 Å². The lowest BCUT2D eigenvalue weighted by atomic mass is 10.2. The van der Waals surface area contributed by atoms with Crippen molar-refractivity contribution >= 4 is 11.8 Å². The van der Waals surface area contributed by atoms with Crippen LogP contribution in [0.5, 0.6) is 5.75 Å². The summed E-state index contributed by atoms with van der Waals surface area (Å²) in [4.78, 5) is 0. The Morgan fingerprint density at radius 1 is 1.06 bits per heavy atom. The van der Waals surface area contributed by atoms with Gasteiger partial charge in [-0.3, -0.25) is 0 Å². The average molecular weight is 252 g/mol. The van der Waals surface area contributed by atoms with Gasteiger partial charge in [-0.05, 0) is 49.3 Å². The molecule has 0 aromatic heterocycles. The summed E-state index contributed by atoms with van der Waals surface area (Å²) in [6.07, 6.45) is 3.73. The first kappa shape index (κ1) is 14.4. The standard InChI is InChI=1S/C15H24OS/c1-13(2)17-12-6-4-5-11-16-15-9-7-14(3)8-10-15/h7-10,13H,4-6,11-12H2,1-3H3. The van der Waals surface area contributed by atoms with E-state index in [-0.39, 0.29) is 0 Å². The molecule has 0 atom stereocenters. The molecule has 0 amide bonds. The highest BCUT2D eigenvalue weighted by molar-refractivity contribution is 7.99. The van der Waals surface area contributed by atoms with Gasteiger partial charge in [-0.15, -0.1) is 0 Å². The number of hydrogen-bond acceptors (Lipinski definition) is 2. The number of thioether (sulfide) groups is 1. The monoisotopic (exact) mass is 252 g/mol.